The highest BCUT2D eigenvalue weighted by Crippen LogP contribution is 2.26. The smallest absolute Gasteiger partial charge is 0.323 e. The Hall–Kier alpha value is -1.75. The van der Waals surface area contributed by atoms with E-state index in [2.05, 4.69) is 0 Å². The zero-order valence-corrected chi connectivity index (χ0v) is 11.0. The molecular weight excluding hydrogens is 250 g/mol. The molecule has 0 bridgehead atoms. The van der Waals surface area contributed by atoms with Crippen molar-refractivity contribution in [1.29, 1.82) is 0 Å². The number of ketones is 1. The number of aromatic nitrogens is 1. The summed E-state index contributed by atoms with van der Waals surface area (Å²) in [5, 5.41) is 9.68. The second-order valence-corrected chi connectivity index (χ2v) is 4.88. The van der Waals surface area contributed by atoms with Crippen LogP contribution in [0.2, 0.25) is 0 Å². The quantitative estimate of drug-likeness (QED) is 0.680. The van der Waals surface area contributed by atoms with E-state index in [1.54, 1.807) is 22.5 Å². The fourth-order valence-electron chi connectivity index (χ4n) is 1.96. The van der Waals surface area contributed by atoms with E-state index in [0.717, 1.165) is 15.8 Å². The summed E-state index contributed by atoms with van der Waals surface area (Å²) in [6.07, 6.45) is 3.58. The van der Waals surface area contributed by atoms with Crippen LogP contribution in [0.3, 0.4) is 0 Å². The molecule has 0 radical (unpaired) electrons. The zero-order valence-electron chi connectivity index (χ0n) is 10.1. The van der Waals surface area contributed by atoms with Gasteiger partial charge in [0, 0.05) is 27.6 Å². The van der Waals surface area contributed by atoms with Gasteiger partial charge in [-0.05, 0) is 31.4 Å². The summed E-state index contributed by atoms with van der Waals surface area (Å²) in [4.78, 5) is 23.4. The lowest BCUT2D eigenvalue weighted by atomic mass is 10.1. The lowest BCUT2D eigenvalue weighted by Crippen LogP contribution is -2.07. The maximum atomic E-state index is 11.6. The molecule has 2 rings (SSSR count). The summed E-state index contributed by atoms with van der Waals surface area (Å²) in [6, 6.07) is 5.71. The Kier molecular flexibility index (Phi) is 3.43. The fraction of sp³-hybridized carbons (Fsp3) is 0.231. The zero-order chi connectivity index (χ0) is 13.3. The molecule has 0 amide bonds. The molecule has 0 aliphatic heterocycles. The van der Waals surface area contributed by atoms with Crippen molar-refractivity contribution < 1.29 is 14.7 Å². The Morgan fingerprint density at radius 2 is 2.11 bits per heavy atom. The van der Waals surface area contributed by atoms with Crippen LogP contribution in [0.25, 0.3) is 10.9 Å². The molecule has 0 saturated heterocycles. The Morgan fingerprint density at radius 3 is 2.67 bits per heavy atom. The van der Waals surface area contributed by atoms with Gasteiger partial charge in [0.25, 0.3) is 0 Å². The molecule has 0 spiro atoms. The van der Waals surface area contributed by atoms with Gasteiger partial charge in [-0.2, -0.15) is 0 Å². The first-order chi connectivity index (χ1) is 8.52. The topological polar surface area (TPSA) is 59.3 Å². The first kappa shape index (κ1) is 12.7. The number of carbonyl (C=O) groups excluding carboxylic acids is 1. The Labute approximate surface area is 109 Å². The van der Waals surface area contributed by atoms with E-state index in [4.69, 9.17) is 5.11 Å². The average Bonchev–Trinajstić information content (AvgIpc) is 2.66. The van der Waals surface area contributed by atoms with Crippen LogP contribution in [0.4, 0.5) is 0 Å². The number of carbonyl (C=O) groups is 2. The second-order valence-electron chi connectivity index (χ2n) is 4.00. The van der Waals surface area contributed by atoms with Crippen molar-refractivity contribution in [1.82, 2.24) is 4.57 Å². The first-order valence-electron chi connectivity index (χ1n) is 5.42. The van der Waals surface area contributed by atoms with Crippen LogP contribution in [-0.4, -0.2) is 27.7 Å². The van der Waals surface area contributed by atoms with Crippen molar-refractivity contribution in [2.75, 3.05) is 6.26 Å². The average molecular weight is 263 g/mol. The number of aliphatic carboxylic acids is 1. The summed E-state index contributed by atoms with van der Waals surface area (Å²) < 4.78 is 1.60. The number of carboxylic acids is 1. The standard InChI is InChI=1S/C13H13NO3S/c1-8(15)11-6-14(7-13(16)17)12-4-3-9(18-2)5-10(11)12/h3-6H,7H2,1-2H3,(H,16,17). The van der Waals surface area contributed by atoms with Crippen LogP contribution in [0.1, 0.15) is 17.3 Å². The summed E-state index contributed by atoms with van der Waals surface area (Å²) in [7, 11) is 0. The molecule has 1 aromatic carbocycles. The van der Waals surface area contributed by atoms with Crippen molar-refractivity contribution in [2.45, 2.75) is 18.4 Å². The maximum Gasteiger partial charge on any atom is 0.323 e. The minimum Gasteiger partial charge on any atom is -0.480 e. The van der Waals surface area contributed by atoms with Crippen LogP contribution in [0, 0.1) is 0 Å². The lowest BCUT2D eigenvalue weighted by Gasteiger charge is -2.02. The normalized spacial score (nSPS) is 10.8. The minimum absolute atomic E-state index is 0.0533. The number of fused-ring (bicyclic) bond motifs is 1. The third-order valence-corrected chi connectivity index (χ3v) is 3.50. The largest absolute Gasteiger partial charge is 0.480 e. The first-order valence-corrected chi connectivity index (χ1v) is 6.65. The molecule has 0 fully saturated rings. The maximum absolute atomic E-state index is 11.6. The van der Waals surface area contributed by atoms with Crippen LogP contribution in [0.5, 0.6) is 0 Å². The van der Waals surface area contributed by atoms with Gasteiger partial charge in [0.2, 0.25) is 0 Å². The van der Waals surface area contributed by atoms with E-state index in [-0.39, 0.29) is 12.3 Å². The number of hydrogen-bond donors (Lipinski definition) is 1. The SMILES string of the molecule is CSc1ccc2c(c1)c(C(C)=O)cn2CC(=O)O. The molecule has 5 heteroatoms. The van der Waals surface area contributed by atoms with Gasteiger partial charge < -0.3 is 9.67 Å². The van der Waals surface area contributed by atoms with Crippen molar-refractivity contribution in [3.63, 3.8) is 0 Å². The fourth-order valence-corrected chi connectivity index (χ4v) is 2.40. The molecule has 1 aromatic heterocycles. The van der Waals surface area contributed by atoms with Gasteiger partial charge >= 0.3 is 5.97 Å². The molecule has 1 heterocycles. The van der Waals surface area contributed by atoms with Gasteiger partial charge in [-0.15, -0.1) is 11.8 Å². The van der Waals surface area contributed by atoms with Crippen LogP contribution < -0.4 is 0 Å². The summed E-state index contributed by atoms with van der Waals surface area (Å²) in [5.41, 5.74) is 1.35. The van der Waals surface area contributed by atoms with Gasteiger partial charge in [0.1, 0.15) is 6.54 Å². The molecule has 0 saturated carbocycles. The van der Waals surface area contributed by atoms with Crippen LogP contribution >= 0.6 is 11.8 Å². The van der Waals surface area contributed by atoms with E-state index in [9.17, 15) is 9.59 Å². The van der Waals surface area contributed by atoms with Crippen molar-refractivity contribution in [3.05, 3.63) is 30.0 Å². The van der Waals surface area contributed by atoms with Gasteiger partial charge in [0.15, 0.2) is 5.78 Å². The van der Waals surface area contributed by atoms with Crippen LogP contribution in [-0.2, 0) is 11.3 Å². The molecule has 0 atom stereocenters. The Bertz CT molecular complexity index is 630. The molecule has 0 unspecified atom stereocenters. The number of thioether (sulfide) groups is 1. The number of benzene rings is 1. The molecule has 94 valence electrons. The van der Waals surface area contributed by atoms with E-state index in [0.29, 0.717) is 5.56 Å². The summed E-state index contributed by atoms with van der Waals surface area (Å²) in [6.45, 7) is 1.36. The van der Waals surface area contributed by atoms with E-state index >= 15 is 0 Å². The highest BCUT2D eigenvalue weighted by atomic mass is 32.2. The second kappa shape index (κ2) is 4.86. The number of Topliss-reactive ketones (excluding diaryl/α,β-unsaturated/α-hetero) is 1. The number of rotatable bonds is 4. The monoisotopic (exact) mass is 263 g/mol. The highest BCUT2D eigenvalue weighted by Gasteiger charge is 2.13. The molecule has 0 aliphatic carbocycles. The number of carboxylic acid groups (broad SMARTS) is 1. The predicted octanol–water partition coefficient (Wildman–Crippen LogP) is 2.65. The van der Waals surface area contributed by atoms with Gasteiger partial charge in [-0.3, -0.25) is 9.59 Å². The van der Waals surface area contributed by atoms with Crippen molar-refractivity contribution >= 4 is 34.4 Å². The third kappa shape index (κ3) is 2.26. The summed E-state index contributed by atoms with van der Waals surface area (Å²) >= 11 is 1.59. The van der Waals surface area contributed by atoms with E-state index < -0.39 is 5.97 Å². The van der Waals surface area contributed by atoms with Gasteiger partial charge in [0.05, 0.1) is 0 Å². The molecule has 4 nitrogen and oxygen atoms in total. The predicted molar refractivity (Wildman–Crippen MR) is 71.4 cm³/mol. The molecule has 1 N–H and O–H groups in total. The number of nitrogens with zero attached hydrogens (tertiary/aromatic N) is 1. The van der Waals surface area contributed by atoms with Gasteiger partial charge in [-0.25, -0.2) is 0 Å². The van der Waals surface area contributed by atoms with Crippen LogP contribution in [0.15, 0.2) is 29.3 Å². The minimum atomic E-state index is -0.920. The Morgan fingerprint density at radius 1 is 1.39 bits per heavy atom. The highest BCUT2D eigenvalue weighted by molar-refractivity contribution is 7.98. The van der Waals surface area contributed by atoms with E-state index in [1.807, 2.05) is 24.5 Å². The third-order valence-electron chi connectivity index (χ3n) is 2.77. The molecule has 2 aromatic rings. The van der Waals surface area contributed by atoms with Crippen molar-refractivity contribution in [2.24, 2.45) is 0 Å². The Balaban J connectivity index is 2.67. The lowest BCUT2D eigenvalue weighted by molar-refractivity contribution is -0.137. The number of hydrogen-bond acceptors (Lipinski definition) is 3. The molecule has 0 aliphatic rings. The van der Waals surface area contributed by atoms with Gasteiger partial charge in [-0.1, -0.05) is 0 Å². The summed E-state index contributed by atoms with van der Waals surface area (Å²) in [5.74, 6) is -0.974. The molecule has 18 heavy (non-hydrogen) atoms. The van der Waals surface area contributed by atoms with E-state index in [1.165, 1.54) is 6.92 Å². The molecular formula is C13H13NO3S. The van der Waals surface area contributed by atoms with Crippen molar-refractivity contribution in [3.8, 4) is 0 Å².